The van der Waals surface area contributed by atoms with Crippen LogP contribution < -0.4 is 4.74 Å². The summed E-state index contributed by atoms with van der Waals surface area (Å²) in [6, 6.07) is 18.4. The van der Waals surface area contributed by atoms with Crippen molar-refractivity contribution in [1.82, 2.24) is 9.80 Å². The molecule has 0 aliphatic carbocycles. The van der Waals surface area contributed by atoms with Gasteiger partial charge in [0.05, 0.1) is 0 Å². The highest BCUT2D eigenvalue weighted by Gasteiger charge is 2.25. The molecule has 1 aliphatic heterocycles. The van der Waals surface area contributed by atoms with Gasteiger partial charge in [0.1, 0.15) is 24.0 Å². The van der Waals surface area contributed by atoms with Gasteiger partial charge < -0.3 is 14.5 Å². The van der Waals surface area contributed by atoms with Gasteiger partial charge in [0.25, 0.3) is 11.8 Å². The van der Waals surface area contributed by atoms with Crippen LogP contribution >= 0.6 is 0 Å². The highest BCUT2D eigenvalue weighted by molar-refractivity contribution is 5.96. The second kappa shape index (κ2) is 9.60. The summed E-state index contributed by atoms with van der Waals surface area (Å²) < 4.78 is 31.8. The molecule has 0 atom stereocenters. The molecule has 3 aromatic carbocycles. The Labute approximate surface area is 184 Å². The normalized spacial score (nSPS) is 13.7. The minimum atomic E-state index is -0.388. The summed E-state index contributed by atoms with van der Waals surface area (Å²) in [7, 11) is 0. The van der Waals surface area contributed by atoms with Crippen LogP contribution in [0.2, 0.25) is 0 Å². The lowest BCUT2D eigenvalue weighted by Gasteiger charge is -2.35. The third-order valence-electron chi connectivity index (χ3n) is 5.35. The lowest BCUT2D eigenvalue weighted by Crippen LogP contribution is -2.50. The molecule has 32 heavy (non-hydrogen) atoms. The van der Waals surface area contributed by atoms with Crippen molar-refractivity contribution in [2.75, 3.05) is 26.2 Å². The summed E-state index contributed by atoms with van der Waals surface area (Å²) in [5.41, 5.74) is 1.75. The van der Waals surface area contributed by atoms with Crippen LogP contribution in [-0.2, 0) is 6.61 Å². The van der Waals surface area contributed by atoms with Crippen molar-refractivity contribution in [3.8, 4) is 5.75 Å². The molecular formula is C25H22F2N2O3. The Kier molecular flexibility index (Phi) is 6.44. The minimum Gasteiger partial charge on any atom is -0.489 e. The Morgan fingerprint density at radius 1 is 0.719 bits per heavy atom. The van der Waals surface area contributed by atoms with Crippen molar-refractivity contribution in [3.63, 3.8) is 0 Å². The summed E-state index contributed by atoms with van der Waals surface area (Å²) in [5, 5.41) is 0. The number of carbonyl (C=O) groups is 2. The first-order valence-corrected chi connectivity index (χ1v) is 10.3. The van der Waals surface area contributed by atoms with Gasteiger partial charge >= 0.3 is 0 Å². The van der Waals surface area contributed by atoms with E-state index < -0.39 is 0 Å². The molecule has 1 fully saturated rings. The fourth-order valence-electron chi connectivity index (χ4n) is 3.54. The number of carbonyl (C=O) groups excluding carboxylic acids is 2. The average molecular weight is 436 g/mol. The zero-order chi connectivity index (χ0) is 22.5. The topological polar surface area (TPSA) is 49.9 Å². The first-order chi connectivity index (χ1) is 15.5. The third-order valence-corrected chi connectivity index (χ3v) is 5.35. The molecule has 2 amide bonds. The van der Waals surface area contributed by atoms with Crippen LogP contribution in [0.4, 0.5) is 8.78 Å². The van der Waals surface area contributed by atoms with Crippen LogP contribution in [0.15, 0.2) is 72.8 Å². The second-order valence-electron chi connectivity index (χ2n) is 7.53. The Morgan fingerprint density at radius 2 is 1.25 bits per heavy atom. The van der Waals surface area contributed by atoms with Gasteiger partial charge in [-0.3, -0.25) is 9.59 Å². The van der Waals surface area contributed by atoms with Gasteiger partial charge in [0, 0.05) is 37.3 Å². The Hall–Kier alpha value is -3.74. The first-order valence-electron chi connectivity index (χ1n) is 10.3. The van der Waals surface area contributed by atoms with Gasteiger partial charge in [-0.25, -0.2) is 8.78 Å². The van der Waals surface area contributed by atoms with Crippen molar-refractivity contribution in [1.29, 1.82) is 0 Å². The number of piperazine rings is 1. The standard InChI is InChI=1S/C25H22F2N2O3/c26-21-8-4-18(5-9-21)17-32-23-3-1-2-20(16-23)25(31)29-14-12-28(13-15-29)24(30)19-6-10-22(27)11-7-19/h1-11,16H,12-15,17H2. The van der Waals surface area contributed by atoms with Crippen molar-refractivity contribution in [2.45, 2.75) is 6.61 Å². The second-order valence-corrected chi connectivity index (χ2v) is 7.53. The van der Waals surface area contributed by atoms with Crippen molar-refractivity contribution < 1.29 is 23.1 Å². The first kappa shape index (κ1) is 21.5. The molecule has 0 saturated carbocycles. The van der Waals surface area contributed by atoms with E-state index in [1.54, 1.807) is 46.2 Å². The molecule has 164 valence electrons. The summed E-state index contributed by atoms with van der Waals surface area (Å²) >= 11 is 0. The van der Waals surface area contributed by atoms with Gasteiger partial charge in [-0.15, -0.1) is 0 Å². The Balaban J connectivity index is 1.33. The van der Waals surface area contributed by atoms with Crippen molar-refractivity contribution >= 4 is 11.8 Å². The van der Waals surface area contributed by atoms with Crippen LogP contribution in [0.5, 0.6) is 5.75 Å². The zero-order valence-corrected chi connectivity index (χ0v) is 17.3. The summed E-state index contributed by atoms with van der Waals surface area (Å²) in [6.07, 6.45) is 0. The number of amides is 2. The van der Waals surface area contributed by atoms with Gasteiger partial charge in [-0.1, -0.05) is 18.2 Å². The summed E-state index contributed by atoms with van der Waals surface area (Å²) in [5.74, 6) is -0.452. The van der Waals surface area contributed by atoms with Crippen molar-refractivity contribution in [3.05, 3.63) is 101 Å². The van der Waals surface area contributed by atoms with Crippen molar-refractivity contribution in [2.24, 2.45) is 0 Å². The highest BCUT2D eigenvalue weighted by atomic mass is 19.1. The molecule has 1 aliphatic rings. The Bertz CT molecular complexity index is 1090. The lowest BCUT2D eigenvalue weighted by atomic mass is 10.1. The third kappa shape index (κ3) is 5.11. The van der Waals surface area contributed by atoms with E-state index in [4.69, 9.17) is 4.74 Å². The SMILES string of the molecule is O=C(c1ccc(F)cc1)N1CCN(C(=O)c2cccc(OCc3ccc(F)cc3)c2)CC1. The van der Waals surface area contributed by atoms with E-state index >= 15 is 0 Å². The number of benzene rings is 3. The van der Waals surface area contributed by atoms with E-state index in [0.717, 1.165) is 5.56 Å². The minimum absolute atomic E-state index is 0.133. The van der Waals surface area contributed by atoms with E-state index in [0.29, 0.717) is 43.1 Å². The molecule has 0 aromatic heterocycles. The van der Waals surface area contributed by atoms with E-state index in [2.05, 4.69) is 0 Å². The lowest BCUT2D eigenvalue weighted by molar-refractivity contribution is 0.0535. The number of halogens is 2. The van der Waals surface area contributed by atoms with Crippen LogP contribution in [0.1, 0.15) is 26.3 Å². The van der Waals surface area contributed by atoms with E-state index in [9.17, 15) is 18.4 Å². The molecule has 0 spiro atoms. The number of hydrogen-bond acceptors (Lipinski definition) is 3. The van der Waals surface area contributed by atoms with Crippen LogP contribution in [0.25, 0.3) is 0 Å². The molecule has 0 N–H and O–H groups in total. The van der Waals surface area contributed by atoms with E-state index in [1.807, 2.05) is 0 Å². The van der Waals surface area contributed by atoms with Crippen LogP contribution in [0, 0.1) is 11.6 Å². The molecule has 0 unspecified atom stereocenters. The van der Waals surface area contributed by atoms with Crippen LogP contribution in [0.3, 0.4) is 0 Å². The molecular weight excluding hydrogens is 414 g/mol. The summed E-state index contributed by atoms with van der Waals surface area (Å²) in [6.45, 7) is 1.90. The predicted molar refractivity (Wildman–Crippen MR) is 115 cm³/mol. The number of ether oxygens (including phenoxy) is 1. The van der Waals surface area contributed by atoms with Gasteiger partial charge in [-0.05, 0) is 60.2 Å². The molecule has 7 heteroatoms. The number of hydrogen-bond donors (Lipinski definition) is 0. The molecule has 0 radical (unpaired) electrons. The maximum absolute atomic E-state index is 13.1. The highest BCUT2D eigenvalue weighted by Crippen LogP contribution is 2.18. The monoisotopic (exact) mass is 436 g/mol. The molecule has 1 heterocycles. The van der Waals surface area contributed by atoms with Gasteiger partial charge in [0.15, 0.2) is 0 Å². The molecule has 5 nitrogen and oxygen atoms in total. The van der Waals surface area contributed by atoms with E-state index in [1.165, 1.54) is 36.4 Å². The number of rotatable bonds is 5. The predicted octanol–water partition coefficient (Wildman–Crippen LogP) is 4.14. The largest absolute Gasteiger partial charge is 0.489 e. The molecule has 3 aromatic rings. The maximum atomic E-state index is 13.1. The van der Waals surface area contributed by atoms with E-state index in [-0.39, 0.29) is 30.1 Å². The summed E-state index contributed by atoms with van der Waals surface area (Å²) in [4.78, 5) is 28.9. The van der Waals surface area contributed by atoms with Gasteiger partial charge in [-0.2, -0.15) is 0 Å². The maximum Gasteiger partial charge on any atom is 0.254 e. The molecule has 1 saturated heterocycles. The fourth-order valence-corrected chi connectivity index (χ4v) is 3.54. The zero-order valence-electron chi connectivity index (χ0n) is 17.3. The quantitative estimate of drug-likeness (QED) is 0.604. The average Bonchev–Trinajstić information content (AvgIpc) is 2.83. The molecule has 0 bridgehead atoms. The van der Waals surface area contributed by atoms with Gasteiger partial charge in [0.2, 0.25) is 0 Å². The fraction of sp³-hybridized carbons (Fsp3) is 0.200. The number of nitrogens with zero attached hydrogens (tertiary/aromatic N) is 2. The van der Waals surface area contributed by atoms with Crippen LogP contribution in [-0.4, -0.2) is 47.8 Å². The molecule has 4 rings (SSSR count). The Morgan fingerprint density at radius 3 is 1.84 bits per heavy atom. The smallest absolute Gasteiger partial charge is 0.254 e.